The molecule has 3 rings (SSSR count). The molecule has 8 heteroatoms. The van der Waals surface area contributed by atoms with Crippen molar-refractivity contribution in [1.29, 1.82) is 0 Å². The number of morpholine rings is 1. The van der Waals surface area contributed by atoms with Gasteiger partial charge in [0.15, 0.2) is 0 Å². The Balaban J connectivity index is 1.84. The maximum Gasteiger partial charge on any atom is 0.305 e. The summed E-state index contributed by atoms with van der Waals surface area (Å²) in [6.07, 6.45) is 4.81. The maximum atomic E-state index is 12.7. The first kappa shape index (κ1) is 15.2. The molecule has 23 heavy (non-hydrogen) atoms. The van der Waals surface area contributed by atoms with Gasteiger partial charge in [0.25, 0.3) is 5.91 Å². The highest BCUT2D eigenvalue weighted by Crippen LogP contribution is 2.16. The molecule has 0 radical (unpaired) electrons. The highest BCUT2D eigenvalue weighted by Gasteiger charge is 2.30. The van der Waals surface area contributed by atoms with Crippen LogP contribution in [0.3, 0.4) is 0 Å². The fraction of sp³-hybridized carbons (Fsp3) is 0.333. The number of ether oxygens (including phenoxy) is 1. The number of amides is 1. The van der Waals surface area contributed by atoms with E-state index in [9.17, 15) is 9.59 Å². The molecule has 0 aliphatic carbocycles. The van der Waals surface area contributed by atoms with E-state index in [2.05, 4.69) is 10.1 Å². The SMILES string of the molecule is O=C(O)C[C@H]1COCCN1C(=O)c1cc(-n2cccn2)ccn1. The number of nitrogens with zero attached hydrogens (tertiary/aromatic N) is 4. The van der Waals surface area contributed by atoms with E-state index < -0.39 is 12.0 Å². The molecule has 0 saturated carbocycles. The largest absolute Gasteiger partial charge is 0.481 e. The third kappa shape index (κ3) is 3.37. The molecule has 0 spiro atoms. The van der Waals surface area contributed by atoms with Crippen LogP contribution < -0.4 is 0 Å². The minimum absolute atomic E-state index is 0.148. The second kappa shape index (κ2) is 6.57. The van der Waals surface area contributed by atoms with E-state index in [0.717, 1.165) is 5.69 Å². The number of hydrogen-bond donors (Lipinski definition) is 1. The Kier molecular flexibility index (Phi) is 4.33. The first-order chi connectivity index (χ1) is 11.1. The molecule has 3 heterocycles. The van der Waals surface area contributed by atoms with Crippen molar-refractivity contribution in [3.05, 3.63) is 42.5 Å². The Morgan fingerprint density at radius 1 is 1.39 bits per heavy atom. The zero-order valence-corrected chi connectivity index (χ0v) is 12.3. The van der Waals surface area contributed by atoms with Gasteiger partial charge in [-0.05, 0) is 18.2 Å². The minimum atomic E-state index is -0.962. The lowest BCUT2D eigenvalue weighted by molar-refractivity contribution is -0.139. The van der Waals surface area contributed by atoms with E-state index in [0.29, 0.717) is 13.2 Å². The number of carboxylic acid groups (broad SMARTS) is 1. The van der Waals surface area contributed by atoms with Gasteiger partial charge in [0.1, 0.15) is 5.69 Å². The van der Waals surface area contributed by atoms with Crippen molar-refractivity contribution in [3.63, 3.8) is 0 Å². The number of carboxylic acids is 1. The van der Waals surface area contributed by atoms with Crippen molar-refractivity contribution in [1.82, 2.24) is 19.7 Å². The lowest BCUT2D eigenvalue weighted by atomic mass is 10.1. The van der Waals surface area contributed by atoms with Gasteiger partial charge in [-0.2, -0.15) is 5.10 Å². The third-order valence-corrected chi connectivity index (χ3v) is 3.63. The first-order valence-electron chi connectivity index (χ1n) is 7.22. The van der Waals surface area contributed by atoms with Crippen LogP contribution in [0.25, 0.3) is 5.69 Å². The molecule has 1 N–H and O–H groups in total. The monoisotopic (exact) mass is 316 g/mol. The zero-order valence-electron chi connectivity index (χ0n) is 12.3. The Hall–Kier alpha value is -2.74. The minimum Gasteiger partial charge on any atom is -0.481 e. The first-order valence-corrected chi connectivity index (χ1v) is 7.22. The van der Waals surface area contributed by atoms with Crippen molar-refractivity contribution >= 4 is 11.9 Å². The van der Waals surface area contributed by atoms with Gasteiger partial charge in [-0.15, -0.1) is 0 Å². The maximum absolute atomic E-state index is 12.7. The predicted molar refractivity (Wildman–Crippen MR) is 79.3 cm³/mol. The summed E-state index contributed by atoms with van der Waals surface area (Å²) in [5.74, 6) is -1.26. The molecule has 1 saturated heterocycles. The number of pyridine rings is 1. The molecule has 1 aliphatic heterocycles. The molecular formula is C15H16N4O4. The Bertz CT molecular complexity index is 701. The molecule has 1 amide bonds. The summed E-state index contributed by atoms with van der Waals surface area (Å²) in [6, 6.07) is 4.69. The number of rotatable bonds is 4. The fourth-order valence-electron chi connectivity index (χ4n) is 2.54. The van der Waals surface area contributed by atoms with Gasteiger partial charge in [0, 0.05) is 25.1 Å². The van der Waals surface area contributed by atoms with Crippen LogP contribution in [0.4, 0.5) is 0 Å². The lowest BCUT2D eigenvalue weighted by Crippen LogP contribution is -2.49. The van der Waals surface area contributed by atoms with E-state index in [-0.39, 0.29) is 24.6 Å². The van der Waals surface area contributed by atoms with Gasteiger partial charge in [-0.1, -0.05) is 0 Å². The molecule has 8 nitrogen and oxygen atoms in total. The van der Waals surface area contributed by atoms with Crippen molar-refractivity contribution in [2.75, 3.05) is 19.8 Å². The number of carbonyl (C=O) groups excluding carboxylic acids is 1. The van der Waals surface area contributed by atoms with E-state index in [1.54, 1.807) is 35.3 Å². The summed E-state index contributed by atoms with van der Waals surface area (Å²) < 4.78 is 6.92. The summed E-state index contributed by atoms with van der Waals surface area (Å²) in [7, 11) is 0. The van der Waals surface area contributed by atoms with Crippen LogP contribution in [0.15, 0.2) is 36.8 Å². The summed E-state index contributed by atoms with van der Waals surface area (Å²) in [5.41, 5.74) is 0.978. The van der Waals surface area contributed by atoms with Crippen LogP contribution in [-0.2, 0) is 9.53 Å². The Labute approximate surface area is 132 Å². The molecule has 2 aromatic heterocycles. The van der Waals surface area contributed by atoms with Crippen LogP contribution in [0.2, 0.25) is 0 Å². The molecule has 0 unspecified atom stereocenters. The van der Waals surface area contributed by atoms with E-state index in [4.69, 9.17) is 9.84 Å². The molecule has 1 aliphatic rings. The second-order valence-corrected chi connectivity index (χ2v) is 5.18. The van der Waals surface area contributed by atoms with Gasteiger partial charge >= 0.3 is 5.97 Å². The van der Waals surface area contributed by atoms with Gasteiger partial charge in [-0.3, -0.25) is 14.6 Å². The Morgan fingerprint density at radius 3 is 3.00 bits per heavy atom. The average molecular weight is 316 g/mol. The van der Waals surface area contributed by atoms with Crippen LogP contribution >= 0.6 is 0 Å². The number of hydrogen-bond acceptors (Lipinski definition) is 5. The zero-order chi connectivity index (χ0) is 16.2. The molecular weight excluding hydrogens is 300 g/mol. The highest BCUT2D eigenvalue weighted by atomic mass is 16.5. The van der Waals surface area contributed by atoms with Crippen LogP contribution in [0.1, 0.15) is 16.9 Å². The van der Waals surface area contributed by atoms with Crippen molar-refractivity contribution < 1.29 is 19.4 Å². The lowest BCUT2D eigenvalue weighted by Gasteiger charge is -2.34. The van der Waals surface area contributed by atoms with Gasteiger partial charge in [-0.25, -0.2) is 4.68 Å². The quantitative estimate of drug-likeness (QED) is 0.886. The second-order valence-electron chi connectivity index (χ2n) is 5.18. The molecule has 1 atom stereocenters. The van der Waals surface area contributed by atoms with Crippen molar-refractivity contribution in [3.8, 4) is 5.69 Å². The summed E-state index contributed by atoms with van der Waals surface area (Å²) >= 11 is 0. The van der Waals surface area contributed by atoms with Gasteiger partial charge < -0.3 is 14.7 Å². The topological polar surface area (TPSA) is 97.6 Å². The third-order valence-electron chi connectivity index (χ3n) is 3.63. The van der Waals surface area contributed by atoms with Crippen LogP contribution in [0.5, 0.6) is 0 Å². The summed E-state index contributed by atoms with van der Waals surface area (Å²) in [4.78, 5) is 29.3. The van der Waals surface area contributed by atoms with Gasteiger partial charge in [0.05, 0.1) is 31.4 Å². The molecule has 1 fully saturated rings. The molecule has 0 bridgehead atoms. The van der Waals surface area contributed by atoms with Gasteiger partial charge in [0.2, 0.25) is 0 Å². The van der Waals surface area contributed by atoms with Crippen LogP contribution in [-0.4, -0.2) is 62.4 Å². The fourth-order valence-corrected chi connectivity index (χ4v) is 2.54. The predicted octanol–water partition coefficient (Wildman–Crippen LogP) is 0.583. The smallest absolute Gasteiger partial charge is 0.305 e. The molecule has 0 aromatic carbocycles. The van der Waals surface area contributed by atoms with Crippen molar-refractivity contribution in [2.24, 2.45) is 0 Å². The van der Waals surface area contributed by atoms with E-state index in [1.807, 2.05) is 0 Å². The number of aliphatic carboxylic acids is 1. The van der Waals surface area contributed by atoms with E-state index in [1.165, 1.54) is 11.1 Å². The van der Waals surface area contributed by atoms with Crippen molar-refractivity contribution in [2.45, 2.75) is 12.5 Å². The average Bonchev–Trinajstić information content (AvgIpc) is 3.09. The standard InChI is InChI=1S/C15H16N4O4/c20-14(21)9-12-10-23-7-6-18(12)15(22)13-8-11(2-4-16-13)19-5-1-3-17-19/h1-5,8,12H,6-7,9-10H2,(H,20,21)/t12-/m0/s1. The summed E-state index contributed by atoms with van der Waals surface area (Å²) in [6.45, 7) is 0.960. The molecule has 120 valence electrons. The van der Waals surface area contributed by atoms with E-state index >= 15 is 0 Å². The Morgan fingerprint density at radius 2 is 2.26 bits per heavy atom. The summed E-state index contributed by atoms with van der Waals surface area (Å²) in [5, 5.41) is 13.1. The normalized spacial score (nSPS) is 17.9. The molecule has 2 aromatic rings. The highest BCUT2D eigenvalue weighted by molar-refractivity contribution is 5.93. The number of aromatic nitrogens is 3. The number of carbonyl (C=O) groups is 2. The van der Waals surface area contributed by atoms with Crippen LogP contribution in [0, 0.1) is 0 Å².